The lowest BCUT2D eigenvalue weighted by Gasteiger charge is -2.21. The molecule has 1 unspecified atom stereocenters. The van der Waals surface area contributed by atoms with Crippen molar-refractivity contribution in [1.82, 2.24) is 14.5 Å². The number of methoxy groups -OCH3 is 1. The summed E-state index contributed by atoms with van der Waals surface area (Å²) in [5.74, 6) is -1.55. The molecule has 0 fully saturated rings. The molecule has 1 atom stereocenters. The summed E-state index contributed by atoms with van der Waals surface area (Å²) in [4.78, 5) is 35.0. The lowest BCUT2D eigenvalue weighted by molar-refractivity contribution is -0.119. The summed E-state index contributed by atoms with van der Waals surface area (Å²) >= 11 is 6.18. The van der Waals surface area contributed by atoms with Crippen molar-refractivity contribution in [3.8, 4) is 16.9 Å². The predicted molar refractivity (Wildman–Crippen MR) is 149 cm³/mol. The molecule has 0 saturated carbocycles. The first kappa shape index (κ1) is 28.4. The zero-order chi connectivity index (χ0) is 29.0. The number of hydrogen-bond donors (Lipinski definition) is 3. The van der Waals surface area contributed by atoms with Gasteiger partial charge in [0.1, 0.15) is 11.8 Å². The number of amides is 1. The zero-order valence-electron chi connectivity index (χ0n) is 21.4. The Hall–Kier alpha value is -4.64. The van der Waals surface area contributed by atoms with Gasteiger partial charge in [-0.25, -0.2) is 8.78 Å². The van der Waals surface area contributed by atoms with E-state index in [-0.39, 0.29) is 33.9 Å². The highest BCUT2D eigenvalue weighted by Crippen LogP contribution is 2.34. The van der Waals surface area contributed by atoms with Crippen LogP contribution >= 0.6 is 11.6 Å². The van der Waals surface area contributed by atoms with Crippen molar-refractivity contribution < 1.29 is 23.4 Å². The molecule has 0 bridgehead atoms. The third-order valence-corrected chi connectivity index (χ3v) is 6.34. The van der Waals surface area contributed by atoms with Gasteiger partial charge in [0.25, 0.3) is 12.0 Å². The molecule has 2 aromatic carbocycles. The first-order chi connectivity index (χ1) is 19.1. The number of ether oxygens (including phenoxy) is 1. The average molecular weight is 568 g/mol. The van der Waals surface area contributed by atoms with Crippen LogP contribution in [0.2, 0.25) is 5.02 Å². The van der Waals surface area contributed by atoms with Crippen LogP contribution in [0, 0.1) is 5.41 Å². The number of pyridine rings is 1. The first-order valence-electron chi connectivity index (χ1n) is 12.0. The van der Waals surface area contributed by atoms with Gasteiger partial charge in [-0.05, 0) is 42.3 Å². The van der Waals surface area contributed by atoms with E-state index in [1.165, 1.54) is 42.1 Å². The number of allylic oxidation sites excluding steroid dienone is 2. The van der Waals surface area contributed by atoms with Gasteiger partial charge < -0.3 is 20.6 Å². The van der Waals surface area contributed by atoms with Crippen LogP contribution < -0.4 is 15.6 Å². The number of aromatic nitrogens is 3. The standard InChI is InChI=1S/C28H24ClF2N5O4/c1-3-23(28(39)35-16-5-7-21-22(11-16)34-9-8-33-21)36-14-25(40-2)19(12-26(36)38)18-10-15(29)4-6-17(18)20(32)13-24(37)27(30)31/h4-14,23,27,32,37H,3H2,1-2H3,(H,35,39)/b24-13-,32-20?. The molecule has 40 heavy (non-hydrogen) atoms. The second-order valence-electron chi connectivity index (χ2n) is 8.65. The van der Waals surface area contributed by atoms with Gasteiger partial charge in [-0.3, -0.25) is 24.1 Å². The van der Waals surface area contributed by atoms with Crippen LogP contribution in [0.15, 0.2) is 77.7 Å². The Labute approximate surface area is 232 Å². The first-order valence-corrected chi connectivity index (χ1v) is 12.4. The van der Waals surface area contributed by atoms with Crippen molar-refractivity contribution in [1.29, 1.82) is 5.41 Å². The highest BCUT2D eigenvalue weighted by atomic mass is 35.5. The lowest BCUT2D eigenvalue weighted by atomic mass is 9.96. The van der Waals surface area contributed by atoms with E-state index in [4.69, 9.17) is 21.7 Å². The van der Waals surface area contributed by atoms with E-state index in [1.54, 1.807) is 37.5 Å². The Morgan fingerprint density at radius 1 is 1.15 bits per heavy atom. The smallest absolute Gasteiger partial charge is 0.294 e. The topological polar surface area (TPSA) is 130 Å². The number of hydrogen-bond acceptors (Lipinski definition) is 7. The number of nitrogens with zero attached hydrogens (tertiary/aromatic N) is 3. The normalized spacial score (nSPS) is 12.4. The quantitative estimate of drug-likeness (QED) is 0.173. The lowest BCUT2D eigenvalue weighted by Crippen LogP contribution is -2.32. The summed E-state index contributed by atoms with van der Waals surface area (Å²) < 4.78 is 32.5. The van der Waals surface area contributed by atoms with Crippen LogP contribution in [0.5, 0.6) is 5.75 Å². The van der Waals surface area contributed by atoms with Crippen LogP contribution in [-0.2, 0) is 4.79 Å². The molecule has 0 aliphatic carbocycles. The van der Waals surface area contributed by atoms with Crippen LogP contribution in [0.1, 0.15) is 24.9 Å². The molecule has 4 aromatic rings. The number of aliphatic hydroxyl groups is 1. The van der Waals surface area contributed by atoms with Crippen molar-refractivity contribution in [3.63, 3.8) is 0 Å². The summed E-state index contributed by atoms with van der Waals surface area (Å²) in [5.41, 5.74) is 1.35. The number of nitrogens with one attached hydrogen (secondary N) is 2. The van der Waals surface area contributed by atoms with Crippen molar-refractivity contribution in [2.45, 2.75) is 25.8 Å². The van der Waals surface area contributed by atoms with E-state index in [0.717, 1.165) is 0 Å². The molecule has 0 radical (unpaired) electrons. The van der Waals surface area contributed by atoms with Gasteiger partial charge in [-0.2, -0.15) is 0 Å². The van der Waals surface area contributed by atoms with Gasteiger partial charge in [0, 0.05) is 46.4 Å². The molecule has 2 heterocycles. The maximum atomic E-state index is 13.3. The largest absolute Gasteiger partial charge is 0.506 e. The highest BCUT2D eigenvalue weighted by molar-refractivity contribution is 6.31. The third-order valence-electron chi connectivity index (χ3n) is 6.10. The van der Waals surface area contributed by atoms with Gasteiger partial charge in [0.2, 0.25) is 5.91 Å². The number of halogens is 3. The summed E-state index contributed by atoms with van der Waals surface area (Å²) in [6.07, 6.45) is 2.22. The van der Waals surface area contributed by atoms with Crippen molar-refractivity contribution in [2.24, 2.45) is 0 Å². The number of carbonyl (C=O) groups excluding carboxylic acids is 1. The fourth-order valence-electron chi connectivity index (χ4n) is 4.18. The van der Waals surface area contributed by atoms with Crippen molar-refractivity contribution in [3.05, 3.63) is 93.8 Å². The number of aliphatic hydroxyl groups excluding tert-OH is 1. The van der Waals surface area contributed by atoms with Gasteiger partial charge in [0.05, 0.1) is 30.1 Å². The molecule has 2 aromatic heterocycles. The van der Waals surface area contributed by atoms with Crippen molar-refractivity contribution >= 4 is 39.9 Å². The Kier molecular flexibility index (Phi) is 8.54. The Balaban J connectivity index is 1.73. The Morgan fingerprint density at radius 2 is 1.88 bits per heavy atom. The molecule has 0 aliphatic heterocycles. The maximum absolute atomic E-state index is 13.3. The fourth-order valence-corrected chi connectivity index (χ4v) is 4.36. The third kappa shape index (κ3) is 5.99. The second-order valence-corrected chi connectivity index (χ2v) is 9.08. The number of rotatable bonds is 9. The number of fused-ring (bicyclic) bond motifs is 1. The predicted octanol–water partition coefficient (Wildman–Crippen LogP) is 5.79. The second kappa shape index (κ2) is 12.0. The molecule has 1 amide bonds. The van der Waals surface area contributed by atoms with Crippen LogP contribution in [-0.4, -0.2) is 44.8 Å². The van der Waals surface area contributed by atoms with E-state index in [2.05, 4.69) is 15.3 Å². The molecule has 9 nitrogen and oxygen atoms in total. The number of alkyl halides is 2. The summed E-state index contributed by atoms with van der Waals surface area (Å²) in [6.45, 7) is 1.75. The molecule has 4 rings (SSSR count). The number of carbonyl (C=O) groups is 1. The van der Waals surface area contributed by atoms with Gasteiger partial charge >= 0.3 is 0 Å². The molecule has 3 N–H and O–H groups in total. The Morgan fingerprint density at radius 3 is 2.55 bits per heavy atom. The summed E-state index contributed by atoms with van der Waals surface area (Å²) in [7, 11) is 1.36. The van der Waals surface area contributed by atoms with Gasteiger partial charge in [-0.1, -0.05) is 24.6 Å². The minimum absolute atomic E-state index is 0.122. The van der Waals surface area contributed by atoms with Crippen LogP contribution in [0.4, 0.5) is 14.5 Å². The van der Waals surface area contributed by atoms with E-state index >= 15 is 0 Å². The zero-order valence-corrected chi connectivity index (χ0v) is 22.1. The molecule has 12 heteroatoms. The number of benzene rings is 2. The number of anilines is 1. The molecular formula is C28H24ClF2N5O4. The Bertz CT molecular complexity index is 1690. The molecule has 0 aliphatic rings. The molecule has 206 valence electrons. The van der Waals surface area contributed by atoms with E-state index in [1.807, 2.05) is 0 Å². The van der Waals surface area contributed by atoms with Gasteiger partial charge in [0.15, 0.2) is 5.76 Å². The van der Waals surface area contributed by atoms with Crippen molar-refractivity contribution in [2.75, 3.05) is 12.4 Å². The summed E-state index contributed by atoms with van der Waals surface area (Å²) in [6, 6.07) is 9.71. The maximum Gasteiger partial charge on any atom is 0.294 e. The monoisotopic (exact) mass is 567 g/mol. The fraction of sp³-hybridized carbons (Fsp3) is 0.179. The van der Waals surface area contributed by atoms with E-state index in [9.17, 15) is 23.5 Å². The highest BCUT2D eigenvalue weighted by Gasteiger charge is 2.23. The molecule has 0 spiro atoms. The minimum atomic E-state index is -3.16. The summed E-state index contributed by atoms with van der Waals surface area (Å²) in [5, 5.41) is 20.8. The van der Waals surface area contributed by atoms with Gasteiger partial charge in [-0.15, -0.1) is 0 Å². The van der Waals surface area contributed by atoms with E-state index < -0.39 is 35.4 Å². The van der Waals surface area contributed by atoms with E-state index in [0.29, 0.717) is 22.8 Å². The molecular weight excluding hydrogens is 544 g/mol. The minimum Gasteiger partial charge on any atom is -0.506 e. The van der Waals surface area contributed by atoms with Crippen LogP contribution in [0.25, 0.3) is 22.2 Å². The molecule has 0 saturated heterocycles. The average Bonchev–Trinajstić information content (AvgIpc) is 2.93. The SMILES string of the molecule is CCC(C(=O)Nc1ccc2nccnc2c1)n1cc(OC)c(-c2cc(Cl)ccc2C(=N)/C=C(\O)C(F)F)cc1=O. The van der Waals surface area contributed by atoms with Crippen LogP contribution in [0.3, 0.4) is 0 Å².